The Bertz CT molecular complexity index is 457. The average Bonchev–Trinajstić information content (AvgIpc) is 2.46. The molecule has 0 saturated heterocycles. The van der Waals surface area contributed by atoms with Crippen molar-refractivity contribution in [1.82, 2.24) is 0 Å². The zero-order valence-corrected chi connectivity index (χ0v) is 10.1. The molecule has 0 aromatic carbocycles. The van der Waals surface area contributed by atoms with Crippen LogP contribution in [0.1, 0.15) is 0 Å². The number of fused-ring (bicyclic) bond motifs is 1. The normalized spacial score (nSPS) is 10.4. The first-order valence-corrected chi connectivity index (χ1v) is 5.59. The molecule has 0 aliphatic heterocycles. The van der Waals surface area contributed by atoms with Crippen molar-refractivity contribution in [3.63, 3.8) is 0 Å². The summed E-state index contributed by atoms with van der Waals surface area (Å²) in [6.07, 6.45) is 1.70. The molecule has 82 valence electrons. The molecular formula is C13H10Cl2O. The van der Waals surface area contributed by atoms with Crippen molar-refractivity contribution in [2.24, 2.45) is 0 Å². The van der Waals surface area contributed by atoms with Gasteiger partial charge in [-0.05, 0) is 30.3 Å². The third-order valence-corrected chi connectivity index (χ3v) is 2.88. The van der Waals surface area contributed by atoms with Crippen LogP contribution < -0.4 is 4.74 Å². The van der Waals surface area contributed by atoms with Crippen LogP contribution in [0.15, 0.2) is 43.0 Å². The highest BCUT2D eigenvalue weighted by atomic mass is 35.5. The zero-order chi connectivity index (χ0) is 11.5. The van der Waals surface area contributed by atoms with Crippen LogP contribution in [0.4, 0.5) is 0 Å². The van der Waals surface area contributed by atoms with Gasteiger partial charge in [-0.3, -0.25) is 0 Å². The summed E-state index contributed by atoms with van der Waals surface area (Å²) in [5, 5.41) is 1.32. The fourth-order valence-electron chi connectivity index (χ4n) is 1.50. The Morgan fingerprint density at radius 2 is 1.62 bits per heavy atom. The summed E-state index contributed by atoms with van der Waals surface area (Å²) >= 11 is 12.1. The number of hydrogen-bond donors (Lipinski definition) is 0. The van der Waals surface area contributed by atoms with Crippen molar-refractivity contribution in [2.75, 3.05) is 6.61 Å². The summed E-state index contributed by atoms with van der Waals surface area (Å²) in [6.45, 7) is 4.08. The molecule has 0 heterocycles. The van der Waals surface area contributed by atoms with E-state index in [-0.39, 0.29) is 0 Å². The molecule has 0 spiro atoms. The molecule has 16 heavy (non-hydrogen) atoms. The van der Waals surface area contributed by atoms with Gasteiger partial charge in [-0.25, -0.2) is 0 Å². The summed E-state index contributed by atoms with van der Waals surface area (Å²) < 4.78 is 5.43. The lowest BCUT2D eigenvalue weighted by Crippen LogP contribution is -1.90. The van der Waals surface area contributed by atoms with Gasteiger partial charge in [0.05, 0.1) is 0 Å². The number of rotatable bonds is 3. The molecule has 0 aromatic rings. The highest BCUT2D eigenvalue weighted by Crippen LogP contribution is 2.38. The molecule has 0 aromatic heterocycles. The van der Waals surface area contributed by atoms with E-state index in [1.165, 1.54) is 0 Å². The zero-order valence-electron chi connectivity index (χ0n) is 8.54. The minimum Gasteiger partial charge on any atom is -0.490 e. The van der Waals surface area contributed by atoms with Crippen LogP contribution in [0.3, 0.4) is 0 Å². The molecule has 3 heteroatoms. The lowest BCUT2D eigenvalue weighted by atomic mass is 10.2. The minimum absolute atomic E-state index is 0.482. The first-order valence-electron chi connectivity index (χ1n) is 4.84. The van der Waals surface area contributed by atoms with Gasteiger partial charge in [0, 0.05) is 21.2 Å². The fourth-order valence-corrected chi connectivity index (χ4v) is 2.10. The van der Waals surface area contributed by atoms with Gasteiger partial charge in [0.2, 0.25) is 0 Å². The van der Waals surface area contributed by atoms with E-state index >= 15 is 0 Å². The van der Waals surface area contributed by atoms with E-state index in [0.717, 1.165) is 16.9 Å². The van der Waals surface area contributed by atoms with Crippen molar-refractivity contribution in [2.45, 2.75) is 0 Å². The molecular weight excluding hydrogens is 243 g/mol. The van der Waals surface area contributed by atoms with E-state index in [0.29, 0.717) is 16.7 Å². The Morgan fingerprint density at radius 1 is 1.06 bits per heavy atom. The van der Waals surface area contributed by atoms with Gasteiger partial charge in [-0.2, -0.15) is 0 Å². The monoisotopic (exact) mass is 252 g/mol. The largest absolute Gasteiger partial charge is 0.490 e. The molecule has 0 amide bonds. The van der Waals surface area contributed by atoms with Crippen LogP contribution in [0.2, 0.25) is 10.0 Å². The molecule has 2 aliphatic rings. The van der Waals surface area contributed by atoms with Crippen LogP contribution in [-0.4, -0.2) is 6.61 Å². The summed E-state index contributed by atoms with van der Waals surface area (Å²) in [6, 6.07) is 9.30. The number of halogens is 2. The van der Waals surface area contributed by atoms with E-state index in [2.05, 4.69) is 6.58 Å². The van der Waals surface area contributed by atoms with Gasteiger partial charge >= 0.3 is 0 Å². The molecule has 1 nitrogen and oxygen atoms in total. The number of hydrogen-bond acceptors (Lipinski definition) is 1. The smallest absolute Gasteiger partial charge is 0.119 e. The molecule has 0 fully saturated rings. The SMILES string of the molecule is C=CCOc1ccc2c(Cl)cc(Cl)c-2cc1. The van der Waals surface area contributed by atoms with E-state index in [4.69, 9.17) is 27.9 Å². The van der Waals surface area contributed by atoms with Gasteiger partial charge < -0.3 is 4.74 Å². The highest BCUT2D eigenvalue weighted by Gasteiger charge is 2.11. The maximum Gasteiger partial charge on any atom is 0.119 e. The fraction of sp³-hybridized carbons (Fsp3) is 0.0769. The van der Waals surface area contributed by atoms with E-state index in [9.17, 15) is 0 Å². The summed E-state index contributed by atoms with van der Waals surface area (Å²) in [4.78, 5) is 0. The van der Waals surface area contributed by atoms with Gasteiger partial charge in [-0.1, -0.05) is 35.9 Å². The van der Waals surface area contributed by atoms with Gasteiger partial charge in [0.25, 0.3) is 0 Å². The van der Waals surface area contributed by atoms with Gasteiger partial charge in [0.1, 0.15) is 12.4 Å². The first-order chi connectivity index (χ1) is 7.72. The van der Waals surface area contributed by atoms with Crippen molar-refractivity contribution < 1.29 is 4.74 Å². The maximum atomic E-state index is 6.05. The molecule has 2 rings (SSSR count). The Hall–Kier alpha value is -1.18. The molecule has 0 unspecified atom stereocenters. The summed E-state index contributed by atoms with van der Waals surface area (Å²) in [5.41, 5.74) is 1.86. The van der Waals surface area contributed by atoms with E-state index < -0.39 is 0 Å². The van der Waals surface area contributed by atoms with Gasteiger partial charge in [0.15, 0.2) is 0 Å². The standard InChI is InChI=1S/C13H10Cl2O/c1-2-7-16-9-3-5-10-11(6-4-9)13(15)8-12(10)14/h2-6,8H,1,7H2. The summed E-state index contributed by atoms with van der Waals surface area (Å²) in [5.74, 6) is 0.767. The molecule has 2 aliphatic carbocycles. The Balaban J connectivity index is 2.44. The predicted octanol–water partition coefficient (Wildman–Crippen LogP) is 4.66. The van der Waals surface area contributed by atoms with Crippen LogP contribution in [0.5, 0.6) is 5.75 Å². The quantitative estimate of drug-likeness (QED) is 0.722. The molecule has 0 radical (unpaired) electrons. The minimum atomic E-state index is 0.482. The van der Waals surface area contributed by atoms with Crippen molar-refractivity contribution in [3.8, 4) is 16.9 Å². The van der Waals surface area contributed by atoms with Crippen molar-refractivity contribution in [3.05, 3.63) is 53.0 Å². The first kappa shape index (κ1) is 11.3. The topological polar surface area (TPSA) is 9.23 Å². The van der Waals surface area contributed by atoms with Crippen LogP contribution >= 0.6 is 23.2 Å². The predicted molar refractivity (Wildman–Crippen MR) is 68.8 cm³/mol. The van der Waals surface area contributed by atoms with Crippen molar-refractivity contribution >= 4 is 23.2 Å². The highest BCUT2D eigenvalue weighted by molar-refractivity contribution is 6.40. The van der Waals surface area contributed by atoms with E-state index in [1.807, 2.05) is 24.3 Å². The second kappa shape index (κ2) is 4.77. The van der Waals surface area contributed by atoms with E-state index in [1.54, 1.807) is 12.1 Å². The van der Waals surface area contributed by atoms with Crippen molar-refractivity contribution in [1.29, 1.82) is 0 Å². The lowest BCUT2D eigenvalue weighted by Gasteiger charge is -1.98. The molecule has 0 saturated carbocycles. The average molecular weight is 253 g/mol. The number of ether oxygens (including phenoxy) is 1. The van der Waals surface area contributed by atoms with Gasteiger partial charge in [-0.15, -0.1) is 0 Å². The Labute approximate surface area is 105 Å². The molecule has 0 bridgehead atoms. The third kappa shape index (κ3) is 2.16. The molecule has 0 N–H and O–H groups in total. The third-order valence-electron chi connectivity index (χ3n) is 2.25. The maximum absolute atomic E-state index is 6.05. The Morgan fingerprint density at radius 3 is 2.12 bits per heavy atom. The van der Waals surface area contributed by atoms with Crippen LogP contribution in [0.25, 0.3) is 11.1 Å². The Kier molecular flexibility index (Phi) is 3.37. The lowest BCUT2D eigenvalue weighted by molar-refractivity contribution is 0.363. The second-order valence-corrected chi connectivity index (χ2v) is 4.15. The molecule has 0 atom stereocenters. The summed E-state index contributed by atoms with van der Waals surface area (Å²) in [7, 11) is 0. The van der Waals surface area contributed by atoms with Crippen LogP contribution in [0, 0.1) is 0 Å². The van der Waals surface area contributed by atoms with Crippen LogP contribution in [-0.2, 0) is 0 Å². The second-order valence-electron chi connectivity index (χ2n) is 3.34.